The van der Waals surface area contributed by atoms with Crippen LogP contribution in [0.3, 0.4) is 0 Å². The number of carbonyl (C=O) groups excluding carboxylic acids is 2. The van der Waals surface area contributed by atoms with Gasteiger partial charge >= 0.3 is 5.97 Å². The summed E-state index contributed by atoms with van der Waals surface area (Å²) in [5, 5.41) is 15.4. The largest absolute Gasteiger partial charge is 0.480 e. The molecular formula is C14H20N2O4S. The molecule has 7 heteroatoms. The number of nitrogens with zero attached hydrogens (tertiary/aromatic N) is 1. The molecule has 1 rings (SSSR count). The number of hydrogen-bond donors (Lipinski definition) is 2. The van der Waals surface area contributed by atoms with Crippen molar-refractivity contribution >= 4 is 29.1 Å². The van der Waals surface area contributed by atoms with Crippen molar-refractivity contribution in [1.29, 1.82) is 0 Å². The summed E-state index contributed by atoms with van der Waals surface area (Å²) < 4.78 is 0. The van der Waals surface area contributed by atoms with Crippen molar-refractivity contribution < 1.29 is 19.5 Å². The number of aliphatic carboxylic acids is 1. The summed E-state index contributed by atoms with van der Waals surface area (Å²) in [4.78, 5) is 35.9. The van der Waals surface area contributed by atoms with Crippen LogP contribution >= 0.6 is 11.3 Å². The first-order chi connectivity index (χ1) is 9.76. The van der Waals surface area contributed by atoms with Crippen LogP contribution in [0.5, 0.6) is 0 Å². The molecule has 0 aliphatic carbocycles. The van der Waals surface area contributed by atoms with Crippen LogP contribution in [-0.2, 0) is 9.59 Å². The van der Waals surface area contributed by atoms with Crippen LogP contribution in [0, 0.1) is 0 Å². The molecule has 0 aromatic carbocycles. The third-order valence-electron chi connectivity index (χ3n) is 3.37. The van der Waals surface area contributed by atoms with Crippen LogP contribution in [-0.4, -0.2) is 46.9 Å². The summed E-state index contributed by atoms with van der Waals surface area (Å²) in [5.41, 5.74) is -0.632. The smallest absolute Gasteiger partial charge is 0.329 e. The number of rotatable bonds is 7. The number of hydrogen-bond acceptors (Lipinski definition) is 4. The van der Waals surface area contributed by atoms with E-state index in [0.717, 1.165) is 0 Å². The lowest BCUT2D eigenvalue weighted by Crippen LogP contribution is -2.50. The van der Waals surface area contributed by atoms with E-state index in [-0.39, 0.29) is 18.2 Å². The molecule has 0 fully saturated rings. The molecule has 0 aliphatic rings. The normalized spacial score (nSPS) is 11.0. The van der Waals surface area contributed by atoms with Gasteiger partial charge in [-0.2, -0.15) is 11.3 Å². The van der Waals surface area contributed by atoms with Crippen LogP contribution in [0.25, 0.3) is 0 Å². The lowest BCUT2D eigenvalue weighted by molar-refractivity contribution is -0.155. The van der Waals surface area contributed by atoms with Crippen molar-refractivity contribution in [2.45, 2.75) is 32.2 Å². The second-order valence-corrected chi connectivity index (χ2v) is 5.97. The Bertz CT molecular complexity index is 511. The standard InChI is InChI=1S/C14H20N2O4S/c1-14(2,13(19)20)16(3)11(17)5-4-7-15-12(18)10-6-8-21-9-10/h6,8-9H,4-5,7H2,1-3H3,(H,15,18)(H,19,20). The maximum absolute atomic E-state index is 11.9. The number of thiophene rings is 1. The van der Waals surface area contributed by atoms with Gasteiger partial charge in [-0.05, 0) is 31.7 Å². The van der Waals surface area contributed by atoms with Gasteiger partial charge < -0.3 is 15.3 Å². The molecule has 0 spiro atoms. The molecular weight excluding hydrogens is 292 g/mol. The molecule has 21 heavy (non-hydrogen) atoms. The molecule has 6 nitrogen and oxygen atoms in total. The number of nitrogens with one attached hydrogen (secondary N) is 1. The van der Waals surface area contributed by atoms with E-state index in [1.165, 1.54) is 37.1 Å². The number of likely N-dealkylation sites (N-methyl/N-ethyl adjacent to an activating group) is 1. The Morgan fingerprint density at radius 1 is 1.38 bits per heavy atom. The van der Waals surface area contributed by atoms with E-state index >= 15 is 0 Å². The third kappa shape index (κ3) is 4.56. The number of carboxylic acids is 1. The van der Waals surface area contributed by atoms with E-state index < -0.39 is 11.5 Å². The Kier molecular flexibility index (Phi) is 5.90. The van der Waals surface area contributed by atoms with Crippen molar-refractivity contribution in [3.8, 4) is 0 Å². The summed E-state index contributed by atoms with van der Waals surface area (Å²) in [6.45, 7) is 3.33. The van der Waals surface area contributed by atoms with E-state index in [4.69, 9.17) is 5.11 Å². The minimum Gasteiger partial charge on any atom is -0.480 e. The SMILES string of the molecule is CN(C(=O)CCCNC(=O)c1ccsc1)C(C)(C)C(=O)O. The highest BCUT2D eigenvalue weighted by Gasteiger charge is 2.34. The van der Waals surface area contributed by atoms with Crippen molar-refractivity contribution in [3.63, 3.8) is 0 Å². The van der Waals surface area contributed by atoms with Crippen LogP contribution in [0.2, 0.25) is 0 Å². The maximum Gasteiger partial charge on any atom is 0.329 e. The number of carbonyl (C=O) groups is 3. The molecule has 116 valence electrons. The molecule has 2 amide bonds. The molecule has 0 radical (unpaired) electrons. The van der Waals surface area contributed by atoms with Crippen molar-refractivity contribution in [2.24, 2.45) is 0 Å². The molecule has 1 aromatic heterocycles. The average Bonchev–Trinajstić information content (AvgIpc) is 2.96. The number of carboxylic acid groups (broad SMARTS) is 1. The van der Waals surface area contributed by atoms with E-state index in [0.29, 0.717) is 18.5 Å². The second kappa shape index (κ2) is 7.21. The van der Waals surface area contributed by atoms with Crippen LogP contribution < -0.4 is 5.32 Å². The zero-order chi connectivity index (χ0) is 16.0. The predicted molar refractivity (Wildman–Crippen MR) is 80.4 cm³/mol. The Labute approximate surface area is 127 Å². The molecule has 0 saturated carbocycles. The summed E-state index contributed by atoms with van der Waals surface area (Å²) in [6, 6.07) is 1.73. The Balaban J connectivity index is 2.34. The first-order valence-electron chi connectivity index (χ1n) is 6.57. The molecule has 0 bridgehead atoms. The van der Waals surface area contributed by atoms with E-state index in [1.807, 2.05) is 5.38 Å². The van der Waals surface area contributed by atoms with Crippen LogP contribution in [0.4, 0.5) is 0 Å². The highest BCUT2D eigenvalue weighted by atomic mass is 32.1. The molecule has 1 aromatic rings. The quantitative estimate of drug-likeness (QED) is 0.748. The van der Waals surface area contributed by atoms with Gasteiger partial charge in [0.1, 0.15) is 5.54 Å². The Hall–Kier alpha value is -1.89. The summed E-state index contributed by atoms with van der Waals surface area (Å²) in [7, 11) is 1.47. The lowest BCUT2D eigenvalue weighted by atomic mass is 10.0. The minimum atomic E-state index is -1.24. The van der Waals surface area contributed by atoms with Gasteiger partial charge in [-0.1, -0.05) is 0 Å². The van der Waals surface area contributed by atoms with Gasteiger partial charge in [0, 0.05) is 31.0 Å². The van der Waals surface area contributed by atoms with Gasteiger partial charge in [0.25, 0.3) is 5.91 Å². The van der Waals surface area contributed by atoms with Gasteiger partial charge in [-0.15, -0.1) is 0 Å². The minimum absolute atomic E-state index is 0.164. The molecule has 0 aliphatic heterocycles. The average molecular weight is 312 g/mol. The van der Waals surface area contributed by atoms with E-state index in [9.17, 15) is 14.4 Å². The number of amides is 2. The van der Waals surface area contributed by atoms with E-state index in [2.05, 4.69) is 5.32 Å². The fourth-order valence-electron chi connectivity index (χ4n) is 1.56. The molecule has 0 unspecified atom stereocenters. The van der Waals surface area contributed by atoms with Crippen molar-refractivity contribution in [3.05, 3.63) is 22.4 Å². The summed E-state index contributed by atoms with van der Waals surface area (Å²) in [5.74, 6) is -1.47. The van der Waals surface area contributed by atoms with Gasteiger partial charge in [-0.3, -0.25) is 9.59 Å². The fourth-order valence-corrected chi connectivity index (χ4v) is 2.20. The first-order valence-corrected chi connectivity index (χ1v) is 7.51. The van der Waals surface area contributed by atoms with Crippen molar-refractivity contribution in [1.82, 2.24) is 10.2 Å². The predicted octanol–water partition coefficient (Wildman–Crippen LogP) is 1.58. The summed E-state index contributed by atoms with van der Waals surface area (Å²) >= 11 is 1.44. The topological polar surface area (TPSA) is 86.7 Å². The second-order valence-electron chi connectivity index (χ2n) is 5.19. The van der Waals surface area contributed by atoms with Crippen molar-refractivity contribution in [2.75, 3.05) is 13.6 Å². The zero-order valence-electron chi connectivity index (χ0n) is 12.4. The van der Waals surface area contributed by atoms with Gasteiger partial charge in [0.2, 0.25) is 5.91 Å². The Morgan fingerprint density at radius 3 is 2.57 bits per heavy atom. The summed E-state index contributed by atoms with van der Waals surface area (Å²) in [6.07, 6.45) is 0.659. The fraction of sp³-hybridized carbons (Fsp3) is 0.500. The van der Waals surface area contributed by atoms with Crippen LogP contribution in [0.1, 0.15) is 37.0 Å². The molecule has 1 heterocycles. The van der Waals surface area contributed by atoms with Crippen LogP contribution in [0.15, 0.2) is 16.8 Å². The first kappa shape index (κ1) is 17.2. The molecule has 2 N–H and O–H groups in total. The van der Waals surface area contributed by atoms with Gasteiger partial charge in [0.05, 0.1) is 0 Å². The monoisotopic (exact) mass is 312 g/mol. The lowest BCUT2D eigenvalue weighted by Gasteiger charge is -2.31. The maximum atomic E-state index is 11.9. The highest BCUT2D eigenvalue weighted by molar-refractivity contribution is 7.08. The van der Waals surface area contributed by atoms with E-state index in [1.54, 1.807) is 11.4 Å². The van der Waals surface area contributed by atoms with Gasteiger partial charge in [-0.25, -0.2) is 4.79 Å². The third-order valence-corrected chi connectivity index (χ3v) is 4.06. The zero-order valence-corrected chi connectivity index (χ0v) is 13.2. The molecule has 0 saturated heterocycles. The Morgan fingerprint density at radius 2 is 2.05 bits per heavy atom. The highest BCUT2D eigenvalue weighted by Crippen LogP contribution is 2.14. The molecule has 0 atom stereocenters. The van der Waals surface area contributed by atoms with Gasteiger partial charge in [0.15, 0.2) is 0 Å².